The molecule has 1 fully saturated rings. The molecule has 6 atom stereocenters. The highest BCUT2D eigenvalue weighted by atomic mass is 32.1. The SMILES string of the molecule is CC[C@H](C)C(NC(=O)[C@H]1C(C)CN1C)C(=O)N(C)[C@H](C[C@@H](OC(C)=O)c1nc(C(=O)NC)cs1)C(C)C. The van der Waals surface area contributed by atoms with Gasteiger partial charge in [0.2, 0.25) is 11.8 Å². The van der Waals surface area contributed by atoms with Crippen LogP contribution in [0.3, 0.4) is 0 Å². The van der Waals surface area contributed by atoms with Gasteiger partial charge in [-0.05, 0) is 24.8 Å². The highest BCUT2D eigenvalue weighted by Crippen LogP contribution is 2.31. The molecule has 2 N–H and O–H groups in total. The smallest absolute Gasteiger partial charge is 0.303 e. The molecule has 0 aromatic carbocycles. The second-order valence-electron chi connectivity index (χ2n) is 10.5. The molecule has 0 bridgehead atoms. The van der Waals surface area contributed by atoms with Gasteiger partial charge in [0.25, 0.3) is 5.91 Å². The topological polar surface area (TPSA) is 121 Å². The summed E-state index contributed by atoms with van der Waals surface area (Å²) in [6.45, 7) is 12.2. The number of rotatable bonds is 12. The number of likely N-dealkylation sites (tertiary alicyclic amines) is 1. The Kier molecular flexibility index (Phi) is 11.0. The first-order valence-electron chi connectivity index (χ1n) is 12.9. The quantitative estimate of drug-likeness (QED) is 0.393. The van der Waals surface area contributed by atoms with Crippen molar-refractivity contribution < 1.29 is 23.9 Å². The summed E-state index contributed by atoms with van der Waals surface area (Å²) in [5, 5.41) is 7.69. The van der Waals surface area contributed by atoms with E-state index in [1.807, 2.05) is 46.6 Å². The van der Waals surface area contributed by atoms with E-state index < -0.39 is 18.1 Å². The molecule has 1 aliphatic rings. The van der Waals surface area contributed by atoms with Gasteiger partial charge in [0.15, 0.2) is 6.10 Å². The maximum absolute atomic E-state index is 13.8. The maximum atomic E-state index is 13.8. The Morgan fingerprint density at radius 2 is 1.92 bits per heavy atom. The Morgan fingerprint density at radius 3 is 2.41 bits per heavy atom. The average molecular weight is 538 g/mol. The van der Waals surface area contributed by atoms with Crippen molar-refractivity contribution in [1.29, 1.82) is 0 Å². The highest BCUT2D eigenvalue weighted by molar-refractivity contribution is 7.09. The number of ether oxygens (including phenoxy) is 1. The van der Waals surface area contributed by atoms with Crippen molar-refractivity contribution in [3.05, 3.63) is 16.1 Å². The fourth-order valence-corrected chi connectivity index (χ4v) is 5.73. The van der Waals surface area contributed by atoms with Crippen molar-refractivity contribution in [2.24, 2.45) is 17.8 Å². The molecular formula is C26H43N5O5S. The van der Waals surface area contributed by atoms with Gasteiger partial charge in [-0.3, -0.25) is 24.1 Å². The number of hydrogen-bond donors (Lipinski definition) is 2. The minimum atomic E-state index is -0.718. The number of nitrogens with zero attached hydrogens (tertiary/aromatic N) is 3. The van der Waals surface area contributed by atoms with Gasteiger partial charge >= 0.3 is 5.97 Å². The molecular weight excluding hydrogens is 494 g/mol. The summed E-state index contributed by atoms with van der Waals surface area (Å²) in [5.74, 6) is -0.903. The minimum Gasteiger partial charge on any atom is -0.455 e. The molecule has 1 aromatic heterocycles. The third-order valence-electron chi connectivity index (χ3n) is 7.27. The van der Waals surface area contributed by atoms with Crippen molar-refractivity contribution in [1.82, 2.24) is 25.4 Å². The number of likely N-dealkylation sites (N-methyl/N-ethyl adjacent to an activating group) is 2. The normalized spacial score (nSPS) is 20.8. The molecule has 208 valence electrons. The Bertz CT molecular complexity index is 959. The second-order valence-corrected chi connectivity index (χ2v) is 11.4. The predicted octanol–water partition coefficient (Wildman–Crippen LogP) is 2.46. The van der Waals surface area contributed by atoms with E-state index in [9.17, 15) is 19.2 Å². The van der Waals surface area contributed by atoms with Crippen LogP contribution >= 0.6 is 11.3 Å². The van der Waals surface area contributed by atoms with Crippen LogP contribution in [-0.4, -0.2) is 84.3 Å². The second kappa shape index (κ2) is 13.3. The number of carbonyl (C=O) groups excluding carboxylic acids is 4. The largest absolute Gasteiger partial charge is 0.455 e. The van der Waals surface area contributed by atoms with Crippen molar-refractivity contribution >= 4 is 35.0 Å². The maximum Gasteiger partial charge on any atom is 0.303 e. The molecule has 2 unspecified atom stereocenters. The molecule has 1 saturated heterocycles. The molecule has 1 aromatic rings. The zero-order chi connectivity index (χ0) is 28.0. The van der Waals surface area contributed by atoms with Gasteiger partial charge in [0.05, 0.1) is 6.04 Å². The fourth-order valence-electron chi connectivity index (χ4n) is 4.89. The predicted molar refractivity (Wildman–Crippen MR) is 143 cm³/mol. The molecule has 10 nitrogen and oxygen atoms in total. The molecule has 2 heterocycles. The molecule has 0 aliphatic carbocycles. The number of aromatic nitrogens is 1. The summed E-state index contributed by atoms with van der Waals surface area (Å²) < 4.78 is 5.61. The first-order chi connectivity index (χ1) is 17.3. The van der Waals surface area contributed by atoms with Crippen LogP contribution in [0.2, 0.25) is 0 Å². The zero-order valence-electron chi connectivity index (χ0n) is 23.5. The van der Waals surface area contributed by atoms with E-state index in [2.05, 4.69) is 15.6 Å². The summed E-state index contributed by atoms with van der Waals surface area (Å²) in [7, 11) is 5.17. The number of carbonyl (C=O) groups is 4. The lowest BCUT2D eigenvalue weighted by Gasteiger charge is -2.44. The summed E-state index contributed by atoms with van der Waals surface area (Å²) in [6, 6.07) is -1.21. The summed E-state index contributed by atoms with van der Waals surface area (Å²) in [6.07, 6.45) is 0.318. The molecule has 0 radical (unpaired) electrons. The Labute approximate surface area is 224 Å². The van der Waals surface area contributed by atoms with Gasteiger partial charge in [-0.2, -0.15) is 0 Å². The van der Waals surface area contributed by atoms with Crippen LogP contribution in [0, 0.1) is 17.8 Å². The van der Waals surface area contributed by atoms with Crippen molar-refractivity contribution in [2.45, 2.75) is 78.6 Å². The number of thiazole rings is 1. The zero-order valence-corrected chi connectivity index (χ0v) is 24.3. The first-order valence-corrected chi connectivity index (χ1v) is 13.8. The van der Waals surface area contributed by atoms with Crippen molar-refractivity contribution in [3.8, 4) is 0 Å². The lowest BCUT2D eigenvalue weighted by Crippen LogP contribution is -2.63. The third kappa shape index (κ3) is 7.50. The third-order valence-corrected chi connectivity index (χ3v) is 8.21. The van der Waals surface area contributed by atoms with E-state index in [4.69, 9.17) is 4.74 Å². The van der Waals surface area contributed by atoms with E-state index in [0.717, 1.165) is 13.0 Å². The average Bonchev–Trinajstić information content (AvgIpc) is 3.32. The molecule has 3 amide bonds. The minimum absolute atomic E-state index is 0.0245. The standard InChI is InChI=1S/C26H43N5O5S/c1-10-15(4)21(29-24(34)22-16(5)12-30(22)8)26(35)31(9)19(14(2)3)11-20(36-17(6)32)25-28-18(13-37-25)23(33)27-7/h13-16,19-22H,10-12H2,1-9H3,(H,27,33)(H,29,34)/t15-,16?,19+,20+,21?,22+/m0/s1. The molecule has 2 rings (SSSR count). The lowest BCUT2D eigenvalue weighted by atomic mass is 9.89. The number of nitrogens with one attached hydrogen (secondary N) is 2. The highest BCUT2D eigenvalue weighted by Gasteiger charge is 2.41. The summed E-state index contributed by atoms with van der Waals surface area (Å²) in [4.78, 5) is 58.8. The van der Waals surface area contributed by atoms with Crippen LogP contribution < -0.4 is 10.6 Å². The van der Waals surface area contributed by atoms with Crippen LogP contribution in [0.15, 0.2) is 5.38 Å². The number of amides is 3. The Balaban J connectivity index is 2.28. The number of esters is 1. The van der Waals surface area contributed by atoms with E-state index in [1.54, 1.807) is 17.3 Å². The summed E-state index contributed by atoms with van der Waals surface area (Å²) in [5.41, 5.74) is 0.250. The fraction of sp³-hybridized carbons (Fsp3) is 0.731. The van der Waals surface area contributed by atoms with Crippen molar-refractivity contribution in [3.63, 3.8) is 0 Å². The molecule has 0 spiro atoms. The molecule has 1 aliphatic heterocycles. The van der Waals surface area contributed by atoms with E-state index in [0.29, 0.717) is 11.4 Å². The van der Waals surface area contributed by atoms with Crippen LogP contribution in [0.5, 0.6) is 0 Å². The van der Waals surface area contributed by atoms with Crippen LogP contribution in [0.4, 0.5) is 0 Å². The van der Waals surface area contributed by atoms with Gasteiger partial charge in [0, 0.05) is 45.4 Å². The van der Waals surface area contributed by atoms with E-state index in [-0.39, 0.29) is 53.3 Å². The number of hydrogen-bond acceptors (Lipinski definition) is 8. The lowest BCUT2D eigenvalue weighted by molar-refractivity contribution is -0.149. The first kappa shape index (κ1) is 30.7. The van der Waals surface area contributed by atoms with Gasteiger partial charge < -0.3 is 20.3 Å². The Morgan fingerprint density at radius 1 is 1.27 bits per heavy atom. The molecule has 37 heavy (non-hydrogen) atoms. The Hall–Kier alpha value is -2.53. The monoisotopic (exact) mass is 537 g/mol. The van der Waals surface area contributed by atoms with Gasteiger partial charge in [-0.1, -0.05) is 41.0 Å². The summed E-state index contributed by atoms with van der Waals surface area (Å²) >= 11 is 1.24. The van der Waals surface area contributed by atoms with E-state index >= 15 is 0 Å². The van der Waals surface area contributed by atoms with Crippen LogP contribution in [0.25, 0.3) is 0 Å². The van der Waals surface area contributed by atoms with Crippen LogP contribution in [0.1, 0.15) is 76.0 Å². The van der Waals surface area contributed by atoms with Gasteiger partial charge in [0.1, 0.15) is 16.7 Å². The van der Waals surface area contributed by atoms with Gasteiger partial charge in [-0.15, -0.1) is 11.3 Å². The van der Waals surface area contributed by atoms with Gasteiger partial charge in [-0.25, -0.2) is 4.98 Å². The van der Waals surface area contributed by atoms with Crippen molar-refractivity contribution in [2.75, 3.05) is 27.7 Å². The molecule has 0 saturated carbocycles. The van der Waals surface area contributed by atoms with E-state index in [1.165, 1.54) is 25.3 Å². The van der Waals surface area contributed by atoms with Crippen LogP contribution in [-0.2, 0) is 19.1 Å². The molecule has 11 heteroatoms.